The van der Waals surface area contributed by atoms with Crippen LogP contribution >= 0.6 is 11.8 Å². The lowest BCUT2D eigenvalue weighted by Gasteiger charge is -2.08. The number of hydrogen-bond donors (Lipinski definition) is 2. The highest BCUT2D eigenvalue weighted by molar-refractivity contribution is 8.01. The maximum atomic E-state index is 11.7. The van der Waals surface area contributed by atoms with Crippen LogP contribution in [0.1, 0.15) is 6.42 Å². The molecule has 0 aliphatic carbocycles. The number of carbonyl (C=O) groups excluding carboxylic acids is 2. The van der Waals surface area contributed by atoms with Crippen LogP contribution in [0.25, 0.3) is 0 Å². The molecule has 1 aromatic carbocycles. The smallest absolute Gasteiger partial charge is 0.234 e. The van der Waals surface area contributed by atoms with Gasteiger partial charge in [-0.2, -0.15) is 0 Å². The summed E-state index contributed by atoms with van der Waals surface area (Å²) in [5.74, 6) is 1.09. The molecule has 0 spiro atoms. The number of benzene rings is 1. The standard InChI is InChI=1S/C12H14N2O3S/c1-17-9-4-2-8(3-5-9)14-11(15)6-10-12(16)13-7-18-10/h2-5,10H,6-7H2,1H3,(H,13,16)(H,14,15). The van der Waals surface area contributed by atoms with E-state index in [1.54, 1.807) is 31.4 Å². The van der Waals surface area contributed by atoms with Gasteiger partial charge < -0.3 is 15.4 Å². The van der Waals surface area contributed by atoms with E-state index in [9.17, 15) is 9.59 Å². The number of carbonyl (C=O) groups is 2. The number of rotatable bonds is 4. The Morgan fingerprint density at radius 1 is 1.50 bits per heavy atom. The van der Waals surface area contributed by atoms with Crippen LogP contribution in [0.15, 0.2) is 24.3 Å². The second kappa shape index (κ2) is 5.77. The van der Waals surface area contributed by atoms with Gasteiger partial charge in [0.15, 0.2) is 0 Å². The van der Waals surface area contributed by atoms with E-state index in [-0.39, 0.29) is 23.5 Å². The molecule has 1 aliphatic rings. The fourth-order valence-corrected chi connectivity index (χ4v) is 2.54. The predicted molar refractivity (Wildman–Crippen MR) is 70.6 cm³/mol. The fourth-order valence-electron chi connectivity index (χ4n) is 1.61. The Balaban J connectivity index is 1.88. The quantitative estimate of drug-likeness (QED) is 0.859. The van der Waals surface area contributed by atoms with Crippen LogP contribution < -0.4 is 15.4 Å². The minimum absolute atomic E-state index is 0.0649. The van der Waals surface area contributed by atoms with Gasteiger partial charge in [-0.3, -0.25) is 9.59 Å². The van der Waals surface area contributed by atoms with Gasteiger partial charge in [0.05, 0.1) is 18.2 Å². The lowest BCUT2D eigenvalue weighted by atomic mass is 10.2. The first kappa shape index (κ1) is 12.8. The minimum atomic E-state index is -0.275. The number of hydrogen-bond acceptors (Lipinski definition) is 4. The Morgan fingerprint density at radius 2 is 2.22 bits per heavy atom. The predicted octanol–water partition coefficient (Wildman–Crippen LogP) is 1.21. The zero-order valence-electron chi connectivity index (χ0n) is 9.93. The van der Waals surface area contributed by atoms with E-state index in [4.69, 9.17) is 4.74 Å². The first-order chi connectivity index (χ1) is 8.69. The molecular weight excluding hydrogens is 252 g/mol. The molecule has 1 atom stereocenters. The van der Waals surface area contributed by atoms with Gasteiger partial charge in [-0.25, -0.2) is 0 Å². The van der Waals surface area contributed by atoms with Gasteiger partial charge in [-0.15, -0.1) is 11.8 Å². The Kier molecular flexibility index (Phi) is 4.09. The fraction of sp³-hybridized carbons (Fsp3) is 0.333. The number of ether oxygens (including phenoxy) is 1. The summed E-state index contributed by atoms with van der Waals surface area (Å²) in [6.45, 7) is 0. The van der Waals surface area contributed by atoms with Crippen molar-refractivity contribution in [3.63, 3.8) is 0 Å². The molecule has 18 heavy (non-hydrogen) atoms. The third-order valence-electron chi connectivity index (χ3n) is 2.57. The SMILES string of the molecule is COc1ccc(NC(=O)CC2SCNC2=O)cc1. The van der Waals surface area contributed by atoms with E-state index in [0.29, 0.717) is 11.6 Å². The van der Waals surface area contributed by atoms with Gasteiger partial charge in [-0.1, -0.05) is 0 Å². The molecule has 96 valence electrons. The normalized spacial score (nSPS) is 18.3. The van der Waals surface area contributed by atoms with Crippen LogP contribution in [0.5, 0.6) is 5.75 Å². The third kappa shape index (κ3) is 3.16. The monoisotopic (exact) mass is 266 g/mol. The lowest BCUT2D eigenvalue weighted by Crippen LogP contribution is -2.26. The van der Waals surface area contributed by atoms with Crippen molar-refractivity contribution in [1.29, 1.82) is 0 Å². The van der Waals surface area contributed by atoms with Gasteiger partial charge in [0.2, 0.25) is 11.8 Å². The summed E-state index contributed by atoms with van der Waals surface area (Å²) >= 11 is 1.45. The van der Waals surface area contributed by atoms with Crippen molar-refractivity contribution in [2.45, 2.75) is 11.7 Å². The molecule has 1 heterocycles. The topological polar surface area (TPSA) is 67.4 Å². The zero-order valence-corrected chi connectivity index (χ0v) is 10.8. The summed E-state index contributed by atoms with van der Waals surface area (Å²) in [5, 5.41) is 5.16. The zero-order chi connectivity index (χ0) is 13.0. The summed E-state index contributed by atoms with van der Waals surface area (Å²) in [4.78, 5) is 23.1. The number of thioether (sulfide) groups is 1. The highest BCUT2D eigenvalue weighted by Gasteiger charge is 2.27. The van der Waals surface area contributed by atoms with Crippen molar-refractivity contribution in [2.24, 2.45) is 0 Å². The minimum Gasteiger partial charge on any atom is -0.497 e. The van der Waals surface area contributed by atoms with E-state index in [1.165, 1.54) is 11.8 Å². The molecule has 2 amide bonds. The molecule has 1 aliphatic heterocycles. The summed E-state index contributed by atoms with van der Waals surface area (Å²) in [6.07, 6.45) is 0.197. The molecule has 1 fully saturated rings. The molecule has 2 rings (SSSR count). The third-order valence-corrected chi connectivity index (χ3v) is 3.66. The Hall–Kier alpha value is -1.69. The Morgan fingerprint density at radius 3 is 2.78 bits per heavy atom. The van der Waals surface area contributed by atoms with E-state index >= 15 is 0 Å². The van der Waals surface area contributed by atoms with Gasteiger partial charge in [0, 0.05) is 12.1 Å². The van der Waals surface area contributed by atoms with E-state index in [2.05, 4.69) is 10.6 Å². The molecular formula is C12H14N2O3S. The van der Waals surface area contributed by atoms with Gasteiger partial charge in [0.25, 0.3) is 0 Å². The summed E-state index contributed by atoms with van der Waals surface area (Å²) in [5.41, 5.74) is 0.698. The van der Waals surface area contributed by atoms with Crippen molar-refractivity contribution >= 4 is 29.3 Å². The van der Waals surface area contributed by atoms with E-state index in [0.717, 1.165) is 5.75 Å². The van der Waals surface area contributed by atoms with Gasteiger partial charge in [0.1, 0.15) is 5.75 Å². The molecule has 5 nitrogen and oxygen atoms in total. The summed E-state index contributed by atoms with van der Waals surface area (Å²) in [6, 6.07) is 7.07. The molecule has 1 aromatic rings. The van der Waals surface area contributed by atoms with Crippen molar-refractivity contribution in [2.75, 3.05) is 18.3 Å². The first-order valence-corrected chi connectivity index (χ1v) is 6.57. The number of nitrogens with one attached hydrogen (secondary N) is 2. The van der Waals surface area contributed by atoms with Crippen LogP contribution in [-0.2, 0) is 9.59 Å². The molecule has 0 aromatic heterocycles. The molecule has 0 saturated carbocycles. The van der Waals surface area contributed by atoms with E-state index in [1.807, 2.05) is 0 Å². The second-order valence-electron chi connectivity index (χ2n) is 3.82. The maximum absolute atomic E-state index is 11.7. The average molecular weight is 266 g/mol. The van der Waals surface area contributed by atoms with Crippen LogP contribution in [0.2, 0.25) is 0 Å². The molecule has 0 bridgehead atoms. The largest absolute Gasteiger partial charge is 0.497 e. The maximum Gasteiger partial charge on any atom is 0.234 e. The van der Waals surface area contributed by atoms with Crippen molar-refractivity contribution < 1.29 is 14.3 Å². The van der Waals surface area contributed by atoms with Crippen LogP contribution in [-0.4, -0.2) is 30.1 Å². The molecule has 6 heteroatoms. The Bertz CT molecular complexity index is 447. The Labute approximate surface area is 109 Å². The second-order valence-corrected chi connectivity index (χ2v) is 5.01. The molecule has 2 N–H and O–H groups in total. The van der Waals surface area contributed by atoms with Crippen LogP contribution in [0.4, 0.5) is 5.69 Å². The van der Waals surface area contributed by atoms with Crippen molar-refractivity contribution in [1.82, 2.24) is 5.32 Å². The summed E-state index contributed by atoms with van der Waals surface area (Å²) < 4.78 is 5.03. The van der Waals surface area contributed by atoms with Crippen LogP contribution in [0, 0.1) is 0 Å². The van der Waals surface area contributed by atoms with Gasteiger partial charge >= 0.3 is 0 Å². The molecule has 1 saturated heterocycles. The highest BCUT2D eigenvalue weighted by atomic mass is 32.2. The number of methoxy groups -OCH3 is 1. The van der Waals surface area contributed by atoms with Crippen LogP contribution in [0.3, 0.4) is 0 Å². The average Bonchev–Trinajstić information content (AvgIpc) is 2.76. The first-order valence-electron chi connectivity index (χ1n) is 5.52. The molecule has 1 unspecified atom stereocenters. The van der Waals surface area contributed by atoms with Crippen molar-refractivity contribution in [3.05, 3.63) is 24.3 Å². The van der Waals surface area contributed by atoms with Gasteiger partial charge in [-0.05, 0) is 24.3 Å². The van der Waals surface area contributed by atoms with Crippen molar-refractivity contribution in [3.8, 4) is 5.75 Å². The summed E-state index contributed by atoms with van der Waals surface area (Å²) in [7, 11) is 1.59. The molecule has 0 radical (unpaired) electrons. The number of anilines is 1. The lowest BCUT2D eigenvalue weighted by molar-refractivity contribution is -0.123. The highest BCUT2D eigenvalue weighted by Crippen LogP contribution is 2.20. The van der Waals surface area contributed by atoms with E-state index < -0.39 is 0 Å². The number of amides is 2.